The maximum absolute atomic E-state index is 9.00. The highest BCUT2D eigenvalue weighted by Gasteiger charge is 2.14. The minimum absolute atomic E-state index is 0.529. The first-order valence-electron chi connectivity index (χ1n) is 4.54. The van der Waals surface area contributed by atoms with E-state index in [1.807, 2.05) is 0 Å². The normalized spacial score (nSPS) is 12.5. The lowest BCUT2D eigenvalue weighted by molar-refractivity contribution is 0.154. The predicted molar refractivity (Wildman–Crippen MR) is 53.3 cm³/mol. The van der Waals surface area contributed by atoms with Gasteiger partial charge in [0.2, 0.25) is 0 Å². The Morgan fingerprint density at radius 2 is 1.77 bits per heavy atom. The van der Waals surface area contributed by atoms with Crippen LogP contribution in [-0.4, -0.2) is 20.7 Å². The summed E-state index contributed by atoms with van der Waals surface area (Å²) in [5.41, 5.74) is 0. The Morgan fingerprint density at radius 3 is 2.23 bits per heavy atom. The molecule has 0 aliphatic heterocycles. The Kier molecular flexibility index (Phi) is 6.59. The molecule has 1 atom stereocenters. The third-order valence-electron chi connectivity index (χ3n) is 1.84. The molecule has 0 spiro atoms. The van der Waals surface area contributed by atoms with Crippen LogP contribution in [0.2, 0.25) is 0 Å². The third kappa shape index (κ3) is 5.64. The Morgan fingerprint density at radius 1 is 1.15 bits per heavy atom. The third-order valence-corrected chi connectivity index (χ3v) is 2.26. The van der Waals surface area contributed by atoms with Crippen molar-refractivity contribution in [3.8, 4) is 0 Å². The van der Waals surface area contributed by atoms with Gasteiger partial charge in [-0.15, -0.1) is 11.6 Å². The van der Waals surface area contributed by atoms with Gasteiger partial charge < -0.3 is 15.3 Å². The summed E-state index contributed by atoms with van der Waals surface area (Å²) in [6.45, 7) is 2.11. The fraction of sp³-hybridized carbons (Fsp3) is 0.778. The van der Waals surface area contributed by atoms with Crippen molar-refractivity contribution in [3.63, 3.8) is 0 Å². The zero-order valence-electron chi connectivity index (χ0n) is 7.83. The topological polar surface area (TPSA) is 60.7 Å². The molecule has 0 fully saturated rings. The second-order valence-corrected chi connectivity index (χ2v) is 3.55. The van der Waals surface area contributed by atoms with Crippen molar-refractivity contribution < 1.29 is 15.3 Å². The van der Waals surface area contributed by atoms with E-state index in [0.29, 0.717) is 6.42 Å². The summed E-state index contributed by atoms with van der Waals surface area (Å²) in [6.07, 6.45) is 4.79. The minimum Gasteiger partial charge on any atom is -0.505 e. The van der Waals surface area contributed by atoms with Gasteiger partial charge in [0.25, 0.3) is 0 Å². The molecule has 0 bridgehead atoms. The van der Waals surface area contributed by atoms with Crippen LogP contribution in [0.5, 0.6) is 0 Å². The van der Waals surface area contributed by atoms with Crippen LogP contribution in [0.25, 0.3) is 0 Å². The first kappa shape index (κ1) is 12.4. The number of hydrogen-bond donors (Lipinski definition) is 3. The highest BCUT2D eigenvalue weighted by molar-refractivity contribution is 6.22. The molecule has 0 saturated heterocycles. The highest BCUT2D eigenvalue weighted by Crippen LogP contribution is 2.17. The number of hydrogen-bond acceptors (Lipinski definition) is 3. The molecule has 0 aromatic carbocycles. The highest BCUT2D eigenvalue weighted by atomic mass is 35.5. The van der Waals surface area contributed by atoms with Crippen molar-refractivity contribution in [1.82, 2.24) is 0 Å². The van der Waals surface area contributed by atoms with E-state index in [4.69, 9.17) is 26.9 Å². The van der Waals surface area contributed by atoms with E-state index in [1.165, 1.54) is 0 Å². The molecule has 0 aliphatic rings. The average molecular weight is 209 g/mol. The molecule has 0 rings (SSSR count). The number of rotatable bonds is 6. The molecule has 0 aliphatic carbocycles. The number of unbranched alkanes of at least 4 members (excludes halogenated alkanes) is 3. The lowest BCUT2D eigenvalue weighted by Crippen LogP contribution is -2.05. The summed E-state index contributed by atoms with van der Waals surface area (Å²) in [5, 5.41) is 25.3. The van der Waals surface area contributed by atoms with Crippen LogP contribution in [0.15, 0.2) is 11.7 Å². The van der Waals surface area contributed by atoms with E-state index in [1.54, 1.807) is 0 Å². The molecule has 0 heterocycles. The molecule has 0 saturated carbocycles. The van der Waals surface area contributed by atoms with Crippen LogP contribution in [0, 0.1) is 0 Å². The zero-order chi connectivity index (χ0) is 10.3. The summed E-state index contributed by atoms with van der Waals surface area (Å²) < 4.78 is 0. The molecule has 0 aromatic heterocycles. The summed E-state index contributed by atoms with van der Waals surface area (Å²) >= 11 is 5.68. The maximum Gasteiger partial charge on any atom is 0.315 e. The van der Waals surface area contributed by atoms with Gasteiger partial charge in [0.1, 0.15) is 0 Å². The number of allylic oxidation sites excluding steroid dienone is 1. The van der Waals surface area contributed by atoms with Crippen LogP contribution < -0.4 is 0 Å². The summed E-state index contributed by atoms with van der Waals surface area (Å²) in [7, 11) is 0. The SMILES string of the molecule is CCCCCCC(Cl)C(O)=C(O)O. The zero-order valence-corrected chi connectivity index (χ0v) is 8.59. The van der Waals surface area contributed by atoms with Crippen molar-refractivity contribution in [1.29, 1.82) is 0 Å². The van der Waals surface area contributed by atoms with E-state index < -0.39 is 17.1 Å². The van der Waals surface area contributed by atoms with Crippen LogP contribution >= 0.6 is 11.6 Å². The second-order valence-electron chi connectivity index (χ2n) is 3.03. The second kappa shape index (κ2) is 6.89. The van der Waals surface area contributed by atoms with Crippen molar-refractivity contribution >= 4 is 11.6 Å². The largest absolute Gasteiger partial charge is 0.505 e. The van der Waals surface area contributed by atoms with Crippen LogP contribution in [-0.2, 0) is 0 Å². The van der Waals surface area contributed by atoms with Crippen molar-refractivity contribution in [2.24, 2.45) is 0 Å². The number of aliphatic hydroxyl groups excluding tert-OH is 2. The first-order valence-corrected chi connectivity index (χ1v) is 4.98. The molecule has 3 N–H and O–H groups in total. The molecule has 4 heteroatoms. The average Bonchev–Trinajstić information content (AvgIpc) is 2.10. The van der Waals surface area contributed by atoms with Gasteiger partial charge in [-0.1, -0.05) is 32.6 Å². The lowest BCUT2D eigenvalue weighted by Gasteiger charge is -2.07. The molecule has 78 valence electrons. The molecular formula is C9H17ClO3. The Labute approximate surface area is 83.7 Å². The standard InChI is InChI=1S/C9H17ClO3/c1-2-3-4-5-6-7(10)8(11)9(12)13/h7,11-13H,2-6H2,1H3. The molecule has 3 nitrogen and oxygen atoms in total. The van der Waals surface area contributed by atoms with Crippen molar-refractivity contribution in [2.45, 2.75) is 44.4 Å². The molecular weight excluding hydrogens is 192 g/mol. The minimum atomic E-state index is -1.07. The molecule has 0 amide bonds. The van der Waals surface area contributed by atoms with Crippen molar-refractivity contribution in [3.05, 3.63) is 11.7 Å². The number of alkyl halides is 1. The van der Waals surface area contributed by atoms with Gasteiger partial charge in [-0.25, -0.2) is 0 Å². The van der Waals surface area contributed by atoms with E-state index in [-0.39, 0.29) is 0 Å². The maximum atomic E-state index is 9.00. The quantitative estimate of drug-likeness (QED) is 0.356. The van der Waals surface area contributed by atoms with Gasteiger partial charge in [-0.2, -0.15) is 0 Å². The Bertz CT molecular complexity index is 164. The number of aliphatic hydroxyl groups is 3. The van der Waals surface area contributed by atoms with Crippen LogP contribution in [0.3, 0.4) is 0 Å². The van der Waals surface area contributed by atoms with Gasteiger partial charge in [-0.3, -0.25) is 0 Å². The van der Waals surface area contributed by atoms with Gasteiger partial charge in [-0.05, 0) is 6.42 Å². The summed E-state index contributed by atoms with van der Waals surface area (Å²) in [6, 6.07) is 0. The Hall–Kier alpha value is -0.570. The van der Waals surface area contributed by atoms with Gasteiger partial charge in [0.05, 0.1) is 5.38 Å². The van der Waals surface area contributed by atoms with Gasteiger partial charge in [0, 0.05) is 0 Å². The van der Waals surface area contributed by atoms with Gasteiger partial charge >= 0.3 is 5.95 Å². The predicted octanol–water partition coefficient (Wildman–Crippen LogP) is 3.41. The number of halogens is 1. The molecule has 1 unspecified atom stereocenters. The fourth-order valence-electron chi connectivity index (χ4n) is 1.03. The lowest BCUT2D eigenvalue weighted by atomic mass is 10.1. The van der Waals surface area contributed by atoms with Gasteiger partial charge in [0.15, 0.2) is 5.76 Å². The fourth-order valence-corrected chi connectivity index (χ4v) is 1.28. The molecule has 13 heavy (non-hydrogen) atoms. The molecule has 0 aromatic rings. The molecule has 0 radical (unpaired) electrons. The summed E-state index contributed by atoms with van der Waals surface area (Å²) in [4.78, 5) is 0. The van der Waals surface area contributed by atoms with E-state index in [0.717, 1.165) is 25.7 Å². The van der Waals surface area contributed by atoms with E-state index in [9.17, 15) is 0 Å². The van der Waals surface area contributed by atoms with E-state index >= 15 is 0 Å². The Balaban J connectivity index is 3.63. The van der Waals surface area contributed by atoms with Crippen molar-refractivity contribution in [2.75, 3.05) is 0 Å². The summed E-state index contributed by atoms with van der Waals surface area (Å²) in [5.74, 6) is -1.60. The van der Waals surface area contributed by atoms with Crippen LogP contribution in [0.4, 0.5) is 0 Å². The van der Waals surface area contributed by atoms with E-state index in [2.05, 4.69) is 6.92 Å². The first-order chi connectivity index (χ1) is 6.09. The smallest absolute Gasteiger partial charge is 0.315 e. The van der Waals surface area contributed by atoms with Crippen LogP contribution in [0.1, 0.15) is 39.0 Å². The monoisotopic (exact) mass is 208 g/mol.